The van der Waals surface area contributed by atoms with Crippen molar-refractivity contribution >= 4 is 178 Å². The topological polar surface area (TPSA) is 155 Å². The summed E-state index contributed by atoms with van der Waals surface area (Å²) in [7, 11) is 4.20. The van der Waals surface area contributed by atoms with Gasteiger partial charge in [0.25, 0.3) is 0 Å². The summed E-state index contributed by atoms with van der Waals surface area (Å²) in [5.41, 5.74) is 15.0. The summed E-state index contributed by atoms with van der Waals surface area (Å²) in [5, 5.41) is 16.3. The van der Waals surface area contributed by atoms with Crippen LogP contribution in [0.4, 0.5) is 0 Å². The third-order valence-electron chi connectivity index (χ3n) is 0.296. The van der Waals surface area contributed by atoms with E-state index >= 15 is 0 Å². The van der Waals surface area contributed by atoms with Crippen molar-refractivity contribution < 1.29 is 69.3 Å². The van der Waals surface area contributed by atoms with Crippen LogP contribution in [0.25, 0.3) is 0 Å². The molecule has 0 aromatic carbocycles. The fourth-order valence-corrected chi connectivity index (χ4v) is 4.55. The van der Waals surface area contributed by atoms with E-state index in [1.54, 1.807) is 8.93 Å². The molecule has 0 saturated heterocycles. The van der Waals surface area contributed by atoms with Crippen LogP contribution in [0.15, 0.2) is 0 Å². The van der Waals surface area contributed by atoms with Gasteiger partial charge in [0.2, 0.25) is 0 Å². The Morgan fingerprint density at radius 3 is 0.955 bits per heavy atom. The van der Waals surface area contributed by atoms with Crippen LogP contribution in [0.2, 0.25) is 0 Å². The Kier molecular flexibility index (Phi) is 89.7. The Bertz CT molecular complexity index is 222. The summed E-state index contributed by atoms with van der Waals surface area (Å²) in [6.45, 7) is 0. The van der Waals surface area contributed by atoms with Crippen LogP contribution in [0.5, 0.6) is 0 Å². The van der Waals surface area contributed by atoms with Gasteiger partial charge in [-0.15, -0.1) is 0 Å². The smallest absolute Gasteiger partial charge is 1.00 e. The summed E-state index contributed by atoms with van der Waals surface area (Å²) < 4.78 is 0. The summed E-state index contributed by atoms with van der Waals surface area (Å²) in [6.07, 6.45) is 0. The average molecular weight is 1500 g/mol. The molecule has 0 aliphatic rings. The van der Waals surface area contributed by atoms with Gasteiger partial charge in [0, 0.05) is 97.5 Å². The van der Waals surface area contributed by atoms with E-state index in [-0.39, 0.29) is 39.8 Å². The van der Waals surface area contributed by atoms with E-state index in [9.17, 15) is 0 Å². The first-order valence-corrected chi connectivity index (χ1v) is 38.6. The first kappa shape index (κ1) is 42.8. The van der Waals surface area contributed by atoms with E-state index in [4.69, 9.17) is 33.4 Å². The number of nitrogens with two attached hydrogens (primary N) is 6. The van der Waals surface area contributed by atoms with Crippen LogP contribution in [0.1, 0.15) is 0 Å². The molecule has 0 rings (SSSR count). The monoisotopic (exact) mass is 1500 g/mol. The van der Waals surface area contributed by atoms with Crippen LogP contribution >= 0.6 is 162 Å². The quantitative estimate of drug-likeness (QED) is 0.0873. The van der Waals surface area contributed by atoms with Crippen molar-refractivity contribution in [3.63, 3.8) is 0 Å². The molecular weight excluding hydrogens is 1490 g/mol. The summed E-state index contributed by atoms with van der Waals surface area (Å²) in [6, 6.07) is 0. The zero-order chi connectivity index (χ0) is 18.3. The molecule has 19 heteroatoms. The number of amidine groups is 3. The van der Waals surface area contributed by atoms with Crippen LogP contribution in [-0.2, 0) is 0 Å². The van der Waals surface area contributed by atoms with Crippen molar-refractivity contribution in [2.24, 2.45) is 17.2 Å². The molecule has 0 fully saturated rings. The van der Waals surface area contributed by atoms with E-state index < -0.39 is 0 Å². The zero-order valence-corrected chi connectivity index (χ0v) is 34.0. The van der Waals surface area contributed by atoms with Crippen LogP contribution in [0.3, 0.4) is 0 Å². The van der Waals surface area contributed by atoms with Gasteiger partial charge in [0.05, 0.1) is 0 Å². The van der Waals surface area contributed by atoms with Gasteiger partial charge < -0.3 is 24.0 Å². The standard InChI is InChI=1S/CH3I2N2S.2CH3IN2S.I3.I2.HI/c2-3-6-1(4)5;2*2-5-1(3)4;1-3-2;1-2;/h(H3,4,5);2*(H3,3,4);;;1H/q-1;;;-1;;/p+2. The SMILES string of the molecule is II.I[I-]I.NC(=[NH2+])SI.NC(=[NH2+])SI.NC(=[NH2+])S[I-]I.[I-]. The molecule has 0 aliphatic carbocycles. The molecule has 0 saturated carbocycles. The Morgan fingerprint density at radius 2 is 0.955 bits per heavy atom. The second kappa shape index (κ2) is 46.1. The largest absolute Gasteiger partial charge is 1.00 e. The summed E-state index contributed by atoms with van der Waals surface area (Å²) >= 11 is 16.0. The second-order valence-corrected chi connectivity index (χ2v) is 31.5. The third kappa shape index (κ3) is 93.8. The van der Waals surface area contributed by atoms with Gasteiger partial charge in [-0.05, 0) is 0 Å². The maximum absolute atomic E-state index is 5.08. The van der Waals surface area contributed by atoms with Gasteiger partial charge in [0.1, 0.15) is 0 Å². The fourth-order valence-electron chi connectivity index (χ4n) is 0.0337. The predicted molar refractivity (Wildman–Crippen MR) is 154 cm³/mol. The van der Waals surface area contributed by atoms with Crippen molar-refractivity contribution in [1.29, 1.82) is 0 Å². The first-order valence-electron chi connectivity index (χ1n) is 3.38. The third-order valence-corrected chi connectivity index (χ3v) is 9.32. The molecule has 0 heterocycles. The van der Waals surface area contributed by atoms with Gasteiger partial charge in [-0.2, -0.15) is 0 Å². The molecule has 0 aromatic heterocycles. The molecular formula is C3H12I10N6S3. The minimum Gasteiger partial charge on any atom is -1.00 e. The van der Waals surface area contributed by atoms with E-state index in [1.165, 1.54) is 17.9 Å². The van der Waals surface area contributed by atoms with Crippen molar-refractivity contribution in [3.8, 4) is 0 Å². The van der Waals surface area contributed by atoms with Crippen molar-refractivity contribution in [2.45, 2.75) is 0 Å². The minimum atomic E-state index is 0. The van der Waals surface area contributed by atoms with Crippen LogP contribution in [0, 0.1) is 0 Å². The van der Waals surface area contributed by atoms with E-state index in [2.05, 4.69) is 93.1 Å². The Labute approximate surface area is 256 Å². The Balaban J connectivity index is -0.0000000375. The average Bonchev–Trinajstić information content (AvgIpc) is 2.43. The normalized spacial score (nSPS) is 7.05. The van der Waals surface area contributed by atoms with Gasteiger partial charge in [-0.25, -0.2) is 0 Å². The molecule has 0 amide bonds. The molecule has 12 N–H and O–H groups in total. The van der Waals surface area contributed by atoms with Gasteiger partial charge >= 0.3 is 121 Å². The van der Waals surface area contributed by atoms with Crippen molar-refractivity contribution in [2.75, 3.05) is 0 Å². The van der Waals surface area contributed by atoms with Crippen LogP contribution < -0.4 is 86.5 Å². The Hall–Kier alpha value is 6.76. The van der Waals surface area contributed by atoms with Gasteiger partial charge in [0.15, 0.2) is 0 Å². The van der Waals surface area contributed by atoms with Crippen molar-refractivity contribution in [1.82, 2.24) is 0 Å². The maximum atomic E-state index is 5.08. The first-order chi connectivity index (χ1) is 9.72. The predicted octanol–water partition coefficient (Wildman–Crippen LogP) is -8.02. The summed E-state index contributed by atoms with van der Waals surface area (Å²) in [4.78, 5) is 0. The number of halogens is 10. The molecule has 0 atom stereocenters. The van der Waals surface area contributed by atoms with E-state index in [0.717, 1.165) is 0 Å². The molecule has 0 spiro atoms. The second-order valence-electron chi connectivity index (χ2n) is 1.55. The zero-order valence-electron chi connectivity index (χ0n) is 9.97. The van der Waals surface area contributed by atoms with E-state index in [1.807, 2.05) is 42.4 Å². The van der Waals surface area contributed by atoms with E-state index in [0.29, 0.717) is 28.8 Å². The fraction of sp³-hybridized carbons (Fsp3) is 0. The Morgan fingerprint density at radius 1 is 0.773 bits per heavy atom. The number of hydrogen-bond acceptors (Lipinski definition) is 3. The molecule has 0 aromatic rings. The number of hydrogen-bond donors (Lipinski definition) is 6. The molecule has 0 aliphatic heterocycles. The molecule has 0 radical (unpaired) electrons. The number of rotatable bonds is 1. The molecule has 0 unspecified atom stereocenters. The van der Waals surface area contributed by atoms with Gasteiger partial charge in [-0.3, -0.25) is 22.3 Å². The maximum Gasteiger partial charge on any atom is -1.00 e. The molecule has 0 bridgehead atoms. The van der Waals surface area contributed by atoms with Crippen molar-refractivity contribution in [3.05, 3.63) is 0 Å². The minimum absolute atomic E-state index is 0. The molecule has 6 nitrogen and oxygen atoms in total. The molecule has 22 heavy (non-hydrogen) atoms. The van der Waals surface area contributed by atoms with Gasteiger partial charge in [-0.1, -0.05) is 0 Å². The van der Waals surface area contributed by atoms with Crippen LogP contribution in [-0.4, -0.2) is 15.5 Å². The molecule has 142 valence electrons. The summed E-state index contributed by atoms with van der Waals surface area (Å²) in [5.74, 6) is 0.